The van der Waals surface area contributed by atoms with Gasteiger partial charge in [0.25, 0.3) is 0 Å². The number of hydrogen-bond acceptors (Lipinski definition) is 4. The minimum atomic E-state index is -0.788. The third-order valence-electron chi connectivity index (χ3n) is 5.08. The first kappa shape index (κ1) is 27.6. The Morgan fingerprint density at radius 3 is 1.61 bits per heavy atom. The number of carboxylic acid groups (broad SMARTS) is 2. The SMILES string of the molecule is CCCCCCCCC(CCCCCCCC)(CC(=O)O)SSCCC(=O)O. The van der Waals surface area contributed by atoms with Crippen molar-refractivity contribution in [3.8, 4) is 0 Å². The van der Waals surface area contributed by atoms with Crippen LogP contribution in [0.25, 0.3) is 0 Å². The summed E-state index contributed by atoms with van der Waals surface area (Å²) in [5.41, 5.74) is 0. The topological polar surface area (TPSA) is 74.6 Å². The Kier molecular flexibility index (Phi) is 18.4. The van der Waals surface area contributed by atoms with Gasteiger partial charge in [-0.3, -0.25) is 9.59 Å². The van der Waals surface area contributed by atoms with Gasteiger partial charge in [-0.15, -0.1) is 0 Å². The van der Waals surface area contributed by atoms with Gasteiger partial charge >= 0.3 is 11.9 Å². The van der Waals surface area contributed by atoms with Gasteiger partial charge in [0.15, 0.2) is 0 Å². The summed E-state index contributed by atoms with van der Waals surface area (Å²) in [6, 6.07) is 0. The van der Waals surface area contributed by atoms with Crippen LogP contribution < -0.4 is 0 Å². The van der Waals surface area contributed by atoms with E-state index < -0.39 is 11.9 Å². The Labute approximate surface area is 180 Å². The molecule has 0 spiro atoms. The summed E-state index contributed by atoms with van der Waals surface area (Å²) in [5, 5.41) is 18.4. The minimum Gasteiger partial charge on any atom is -0.481 e. The van der Waals surface area contributed by atoms with E-state index in [9.17, 15) is 14.7 Å². The smallest absolute Gasteiger partial charge is 0.304 e. The quantitative estimate of drug-likeness (QED) is 0.143. The maximum atomic E-state index is 11.6. The van der Waals surface area contributed by atoms with Gasteiger partial charge in [0.1, 0.15) is 0 Å². The molecule has 0 aliphatic heterocycles. The molecule has 0 amide bonds. The van der Waals surface area contributed by atoms with Gasteiger partial charge in [-0.2, -0.15) is 0 Å². The molecule has 6 heteroatoms. The van der Waals surface area contributed by atoms with Gasteiger partial charge in [0.2, 0.25) is 0 Å². The average Bonchev–Trinajstić information content (AvgIpc) is 2.64. The van der Waals surface area contributed by atoms with E-state index in [1.165, 1.54) is 51.4 Å². The molecule has 166 valence electrons. The molecule has 4 nitrogen and oxygen atoms in total. The second-order valence-electron chi connectivity index (χ2n) is 7.84. The van der Waals surface area contributed by atoms with Crippen molar-refractivity contribution in [1.82, 2.24) is 0 Å². The number of unbranched alkanes of at least 4 members (excludes halogenated alkanes) is 10. The molecular formula is C22H42O4S2. The molecule has 0 radical (unpaired) electrons. The Balaban J connectivity index is 4.65. The van der Waals surface area contributed by atoms with Crippen LogP contribution in [0.15, 0.2) is 0 Å². The Morgan fingerprint density at radius 2 is 1.18 bits per heavy atom. The Hall–Kier alpha value is -0.360. The van der Waals surface area contributed by atoms with Crippen molar-refractivity contribution in [2.45, 2.75) is 121 Å². The van der Waals surface area contributed by atoms with Gasteiger partial charge < -0.3 is 10.2 Å². The first-order chi connectivity index (χ1) is 13.5. The molecule has 0 saturated carbocycles. The zero-order valence-electron chi connectivity index (χ0n) is 18.0. The fourth-order valence-electron chi connectivity index (χ4n) is 3.44. The molecule has 0 rings (SSSR count). The van der Waals surface area contributed by atoms with Crippen molar-refractivity contribution in [3.63, 3.8) is 0 Å². The highest BCUT2D eigenvalue weighted by molar-refractivity contribution is 8.77. The molecule has 0 heterocycles. The molecule has 0 saturated heterocycles. The van der Waals surface area contributed by atoms with Gasteiger partial charge in [-0.05, 0) is 12.8 Å². The third-order valence-corrected chi connectivity index (χ3v) is 8.39. The summed E-state index contributed by atoms with van der Waals surface area (Å²) >= 11 is 0. The van der Waals surface area contributed by atoms with Gasteiger partial charge in [0.05, 0.1) is 12.8 Å². The monoisotopic (exact) mass is 434 g/mol. The van der Waals surface area contributed by atoms with Crippen LogP contribution in [-0.2, 0) is 9.59 Å². The highest BCUT2D eigenvalue weighted by Crippen LogP contribution is 2.46. The summed E-state index contributed by atoms with van der Waals surface area (Å²) in [4.78, 5) is 22.4. The molecular weight excluding hydrogens is 392 g/mol. The number of aliphatic carboxylic acids is 2. The van der Waals surface area contributed by atoms with Crippen molar-refractivity contribution < 1.29 is 19.8 Å². The van der Waals surface area contributed by atoms with E-state index in [1.807, 2.05) is 0 Å². The fourth-order valence-corrected chi connectivity index (χ4v) is 6.60. The van der Waals surface area contributed by atoms with Crippen molar-refractivity contribution in [2.75, 3.05) is 5.75 Å². The molecule has 0 aromatic heterocycles. The van der Waals surface area contributed by atoms with Crippen LogP contribution in [0.3, 0.4) is 0 Å². The number of hydrogen-bond donors (Lipinski definition) is 2. The van der Waals surface area contributed by atoms with E-state index in [2.05, 4.69) is 13.8 Å². The summed E-state index contributed by atoms with van der Waals surface area (Å²) in [6.45, 7) is 4.42. The summed E-state index contributed by atoms with van der Waals surface area (Å²) in [5.74, 6) is -0.985. The molecule has 0 aromatic rings. The lowest BCUT2D eigenvalue weighted by Crippen LogP contribution is -2.28. The van der Waals surface area contributed by atoms with Gasteiger partial charge in [0, 0.05) is 10.5 Å². The zero-order chi connectivity index (χ0) is 21.1. The number of carboxylic acids is 2. The lowest BCUT2D eigenvalue weighted by Gasteiger charge is -2.31. The molecule has 28 heavy (non-hydrogen) atoms. The third kappa shape index (κ3) is 16.6. The van der Waals surface area contributed by atoms with E-state index in [1.54, 1.807) is 21.6 Å². The lowest BCUT2D eigenvalue weighted by molar-refractivity contribution is -0.138. The summed E-state index contributed by atoms with van der Waals surface area (Å²) in [6.07, 6.45) is 16.6. The molecule has 0 unspecified atom stereocenters. The molecule has 0 aliphatic rings. The molecule has 0 atom stereocenters. The van der Waals surface area contributed by atoms with E-state index in [0.29, 0.717) is 5.75 Å². The first-order valence-corrected chi connectivity index (χ1v) is 13.5. The van der Waals surface area contributed by atoms with Gasteiger partial charge in [-0.25, -0.2) is 0 Å². The Morgan fingerprint density at radius 1 is 0.714 bits per heavy atom. The normalized spacial score (nSPS) is 11.6. The van der Waals surface area contributed by atoms with Crippen molar-refractivity contribution >= 4 is 33.5 Å². The second kappa shape index (κ2) is 18.7. The van der Waals surface area contributed by atoms with Crippen molar-refractivity contribution in [2.24, 2.45) is 0 Å². The number of carbonyl (C=O) groups is 2. The maximum Gasteiger partial charge on any atom is 0.304 e. The summed E-state index contributed by atoms with van der Waals surface area (Å²) in [7, 11) is 3.20. The minimum absolute atomic E-state index is 0.134. The summed E-state index contributed by atoms with van der Waals surface area (Å²) < 4.78 is -0.259. The van der Waals surface area contributed by atoms with Crippen molar-refractivity contribution in [1.29, 1.82) is 0 Å². The fraction of sp³-hybridized carbons (Fsp3) is 0.909. The predicted molar refractivity (Wildman–Crippen MR) is 123 cm³/mol. The Bertz CT molecular complexity index is 386. The lowest BCUT2D eigenvalue weighted by atomic mass is 9.90. The highest BCUT2D eigenvalue weighted by Gasteiger charge is 2.33. The largest absolute Gasteiger partial charge is 0.481 e. The highest BCUT2D eigenvalue weighted by atomic mass is 33.1. The van der Waals surface area contributed by atoms with Gasteiger partial charge in [-0.1, -0.05) is 112 Å². The number of rotatable bonds is 21. The zero-order valence-corrected chi connectivity index (χ0v) is 19.7. The standard InChI is InChI=1S/C22H42O4S2/c1-3-5-7-9-11-13-16-22(19-21(25)26,28-27-18-15-20(23)24)17-14-12-10-8-6-4-2/h3-19H2,1-2H3,(H,23,24)(H,25,26). The van der Waals surface area contributed by atoms with Crippen LogP contribution in [0.2, 0.25) is 0 Å². The van der Waals surface area contributed by atoms with Crippen LogP contribution in [0.1, 0.15) is 117 Å². The predicted octanol–water partition coefficient (Wildman–Crippen LogP) is 7.56. The molecule has 0 bridgehead atoms. The van der Waals surface area contributed by atoms with Crippen LogP contribution in [-0.4, -0.2) is 32.7 Å². The van der Waals surface area contributed by atoms with Crippen LogP contribution in [0, 0.1) is 0 Å². The molecule has 0 aliphatic carbocycles. The molecule has 2 N–H and O–H groups in total. The molecule has 0 aromatic carbocycles. The van der Waals surface area contributed by atoms with E-state index >= 15 is 0 Å². The second-order valence-corrected chi connectivity index (χ2v) is 10.7. The van der Waals surface area contributed by atoms with Crippen molar-refractivity contribution in [3.05, 3.63) is 0 Å². The molecule has 0 fully saturated rings. The van der Waals surface area contributed by atoms with Crippen LogP contribution in [0.4, 0.5) is 0 Å². The van der Waals surface area contributed by atoms with E-state index in [4.69, 9.17) is 5.11 Å². The van der Waals surface area contributed by atoms with Crippen LogP contribution in [0.5, 0.6) is 0 Å². The van der Waals surface area contributed by atoms with E-state index in [0.717, 1.165) is 38.5 Å². The first-order valence-electron chi connectivity index (χ1n) is 11.2. The average molecular weight is 435 g/mol. The van der Waals surface area contributed by atoms with Crippen LogP contribution >= 0.6 is 21.6 Å². The van der Waals surface area contributed by atoms with E-state index in [-0.39, 0.29) is 17.6 Å². The maximum absolute atomic E-state index is 11.6.